The predicted molar refractivity (Wildman–Crippen MR) is 76.5 cm³/mol. The van der Waals surface area contributed by atoms with Crippen molar-refractivity contribution in [1.29, 1.82) is 0 Å². The molecule has 0 saturated heterocycles. The fourth-order valence-corrected chi connectivity index (χ4v) is 3.17. The summed E-state index contributed by atoms with van der Waals surface area (Å²) in [6.45, 7) is 6.79. The van der Waals surface area contributed by atoms with Crippen molar-refractivity contribution in [3.05, 3.63) is 41.5 Å². The maximum Gasteiger partial charge on any atom is 0.0527 e. The van der Waals surface area contributed by atoms with Crippen molar-refractivity contribution >= 4 is 17.2 Å². The maximum atomic E-state index is 6.33. The third kappa shape index (κ3) is 3.13. The van der Waals surface area contributed by atoms with E-state index in [0.717, 1.165) is 19.3 Å². The van der Waals surface area contributed by atoms with Gasteiger partial charge in [0.1, 0.15) is 0 Å². The third-order valence-electron chi connectivity index (χ3n) is 3.53. The van der Waals surface area contributed by atoms with Crippen LogP contribution in [-0.2, 0) is 6.42 Å². The Morgan fingerprint density at radius 2 is 1.88 bits per heavy atom. The summed E-state index contributed by atoms with van der Waals surface area (Å²) < 4.78 is 0. The van der Waals surface area contributed by atoms with Gasteiger partial charge < -0.3 is 0 Å². The molecule has 92 valence electrons. The number of hydrogen-bond acceptors (Lipinski definition) is 0. The van der Waals surface area contributed by atoms with Gasteiger partial charge in [-0.1, -0.05) is 51.1 Å². The van der Waals surface area contributed by atoms with Crippen LogP contribution < -0.4 is 0 Å². The van der Waals surface area contributed by atoms with Crippen molar-refractivity contribution in [3.8, 4) is 0 Å². The molecule has 1 unspecified atom stereocenters. The molecule has 0 bridgehead atoms. The van der Waals surface area contributed by atoms with Crippen LogP contribution in [0.4, 0.5) is 0 Å². The fraction of sp³-hybridized carbons (Fsp3) is 0.500. The first kappa shape index (κ1) is 12.7. The Bertz CT molecular complexity index is 412. The molecule has 2 rings (SSSR count). The lowest BCUT2D eigenvalue weighted by Gasteiger charge is -2.32. The van der Waals surface area contributed by atoms with Crippen molar-refractivity contribution in [1.82, 2.24) is 0 Å². The smallest absolute Gasteiger partial charge is 0.0527 e. The Labute approximate surface area is 110 Å². The SMILES string of the molecule is CCc1ccc(C2=CC(Cl)CC(C)(C)C2)cc1. The Hall–Kier alpha value is -0.750. The van der Waals surface area contributed by atoms with Gasteiger partial charge in [0.15, 0.2) is 0 Å². The second kappa shape index (κ2) is 4.86. The van der Waals surface area contributed by atoms with Gasteiger partial charge in [0.05, 0.1) is 5.38 Å². The topological polar surface area (TPSA) is 0 Å². The van der Waals surface area contributed by atoms with Gasteiger partial charge in [-0.15, -0.1) is 11.6 Å². The summed E-state index contributed by atoms with van der Waals surface area (Å²) in [5.74, 6) is 0. The molecule has 0 radical (unpaired) electrons. The van der Waals surface area contributed by atoms with Crippen molar-refractivity contribution in [2.45, 2.75) is 45.4 Å². The maximum absolute atomic E-state index is 6.33. The molecule has 0 spiro atoms. The van der Waals surface area contributed by atoms with Crippen LogP contribution in [-0.4, -0.2) is 5.38 Å². The first-order valence-electron chi connectivity index (χ1n) is 6.44. The average Bonchev–Trinajstić information content (AvgIpc) is 2.26. The molecule has 0 saturated carbocycles. The molecule has 1 atom stereocenters. The Morgan fingerprint density at radius 1 is 1.24 bits per heavy atom. The van der Waals surface area contributed by atoms with Gasteiger partial charge in [-0.3, -0.25) is 0 Å². The van der Waals surface area contributed by atoms with Crippen LogP contribution in [0.2, 0.25) is 0 Å². The highest BCUT2D eigenvalue weighted by molar-refractivity contribution is 6.22. The summed E-state index contributed by atoms with van der Waals surface area (Å²) in [5, 5.41) is 0.180. The number of halogens is 1. The molecule has 0 amide bonds. The summed E-state index contributed by atoms with van der Waals surface area (Å²) in [5.41, 5.74) is 4.45. The van der Waals surface area contributed by atoms with E-state index in [1.807, 2.05) is 0 Å². The van der Waals surface area contributed by atoms with Crippen LogP contribution >= 0.6 is 11.6 Å². The van der Waals surface area contributed by atoms with Crippen LogP contribution in [0, 0.1) is 5.41 Å². The minimum absolute atomic E-state index is 0.180. The molecule has 0 aromatic heterocycles. The molecule has 0 fully saturated rings. The summed E-state index contributed by atoms with van der Waals surface area (Å²) in [4.78, 5) is 0. The van der Waals surface area contributed by atoms with E-state index in [4.69, 9.17) is 11.6 Å². The van der Waals surface area contributed by atoms with Crippen molar-refractivity contribution in [2.24, 2.45) is 5.41 Å². The molecule has 1 aromatic rings. The largest absolute Gasteiger partial charge is 0.118 e. The molecule has 0 heterocycles. The zero-order chi connectivity index (χ0) is 12.5. The third-order valence-corrected chi connectivity index (χ3v) is 3.81. The van der Waals surface area contributed by atoms with Gasteiger partial charge in [0.25, 0.3) is 0 Å². The van der Waals surface area contributed by atoms with E-state index in [-0.39, 0.29) is 5.38 Å². The van der Waals surface area contributed by atoms with Gasteiger partial charge in [-0.05, 0) is 41.4 Å². The van der Waals surface area contributed by atoms with Gasteiger partial charge >= 0.3 is 0 Å². The minimum Gasteiger partial charge on any atom is -0.118 e. The first-order chi connectivity index (χ1) is 8.00. The Kier molecular flexibility index (Phi) is 3.63. The van der Waals surface area contributed by atoms with Crippen molar-refractivity contribution in [2.75, 3.05) is 0 Å². The fourth-order valence-electron chi connectivity index (χ4n) is 2.60. The van der Waals surface area contributed by atoms with Gasteiger partial charge in [-0.25, -0.2) is 0 Å². The molecule has 0 N–H and O–H groups in total. The molecule has 1 heteroatoms. The molecule has 1 aliphatic rings. The predicted octanol–water partition coefficient (Wildman–Crippen LogP) is 5.06. The van der Waals surface area contributed by atoms with E-state index in [2.05, 4.69) is 51.1 Å². The van der Waals surface area contributed by atoms with E-state index in [1.54, 1.807) is 0 Å². The standard InChI is InChI=1S/C16H21Cl/c1-4-12-5-7-13(8-6-12)14-9-15(17)11-16(2,3)10-14/h5-9,15H,4,10-11H2,1-3H3. The molecule has 1 aromatic carbocycles. The summed E-state index contributed by atoms with van der Waals surface area (Å²) in [6.07, 6.45) is 5.53. The normalized spacial score (nSPS) is 23.3. The van der Waals surface area contributed by atoms with Crippen LogP contribution in [0.1, 0.15) is 44.7 Å². The number of alkyl halides is 1. The Balaban J connectivity index is 2.26. The van der Waals surface area contributed by atoms with Crippen LogP contribution in [0.25, 0.3) is 5.57 Å². The molecule has 0 nitrogen and oxygen atoms in total. The summed E-state index contributed by atoms with van der Waals surface area (Å²) in [7, 11) is 0. The number of aryl methyl sites for hydroxylation is 1. The number of hydrogen-bond donors (Lipinski definition) is 0. The van der Waals surface area contributed by atoms with Crippen LogP contribution in [0.5, 0.6) is 0 Å². The highest BCUT2D eigenvalue weighted by Crippen LogP contribution is 2.41. The highest BCUT2D eigenvalue weighted by Gasteiger charge is 2.27. The number of benzene rings is 1. The molecule has 17 heavy (non-hydrogen) atoms. The average molecular weight is 249 g/mol. The highest BCUT2D eigenvalue weighted by atomic mass is 35.5. The molecular formula is C16H21Cl. The van der Waals surface area contributed by atoms with Crippen molar-refractivity contribution < 1.29 is 0 Å². The first-order valence-corrected chi connectivity index (χ1v) is 6.88. The lowest BCUT2D eigenvalue weighted by molar-refractivity contribution is 0.340. The Morgan fingerprint density at radius 3 is 2.41 bits per heavy atom. The van der Waals surface area contributed by atoms with E-state index in [9.17, 15) is 0 Å². The van der Waals surface area contributed by atoms with E-state index >= 15 is 0 Å². The van der Waals surface area contributed by atoms with E-state index < -0.39 is 0 Å². The quantitative estimate of drug-likeness (QED) is 0.642. The zero-order valence-electron chi connectivity index (χ0n) is 11.0. The van der Waals surface area contributed by atoms with Crippen LogP contribution in [0.3, 0.4) is 0 Å². The second-order valence-electron chi connectivity index (χ2n) is 5.80. The molecular weight excluding hydrogens is 228 g/mol. The number of allylic oxidation sites excluding steroid dienone is 2. The molecule has 0 aliphatic heterocycles. The lowest BCUT2D eigenvalue weighted by Crippen LogP contribution is -2.21. The van der Waals surface area contributed by atoms with E-state index in [1.165, 1.54) is 16.7 Å². The summed E-state index contributed by atoms with van der Waals surface area (Å²) in [6, 6.07) is 8.91. The van der Waals surface area contributed by atoms with Gasteiger partial charge in [0, 0.05) is 0 Å². The second-order valence-corrected chi connectivity index (χ2v) is 6.36. The van der Waals surface area contributed by atoms with Crippen LogP contribution in [0.15, 0.2) is 30.3 Å². The summed E-state index contributed by atoms with van der Waals surface area (Å²) >= 11 is 6.33. The lowest BCUT2D eigenvalue weighted by atomic mass is 9.75. The number of rotatable bonds is 2. The zero-order valence-corrected chi connectivity index (χ0v) is 11.7. The van der Waals surface area contributed by atoms with Crippen molar-refractivity contribution in [3.63, 3.8) is 0 Å². The van der Waals surface area contributed by atoms with E-state index in [0.29, 0.717) is 5.41 Å². The monoisotopic (exact) mass is 248 g/mol. The minimum atomic E-state index is 0.180. The van der Waals surface area contributed by atoms with Gasteiger partial charge in [0.2, 0.25) is 0 Å². The molecule has 1 aliphatic carbocycles. The van der Waals surface area contributed by atoms with Gasteiger partial charge in [-0.2, -0.15) is 0 Å².